The number of halogens is 2. The monoisotopic (exact) mass is 1030 g/mol. The minimum Gasteiger partial charge on any atom is -0.383 e. The maximum absolute atomic E-state index is 5.90. The van der Waals surface area contributed by atoms with Crippen molar-refractivity contribution in [2.24, 2.45) is 0 Å². The summed E-state index contributed by atoms with van der Waals surface area (Å²) in [5.41, 5.74) is 31.6. The van der Waals surface area contributed by atoms with Gasteiger partial charge in [-0.3, -0.25) is 14.5 Å². The number of benzene rings is 3. The predicted molar refractivity (Wildman–Crippen MR) is 271 cm³/mol. The van der Waals surface area contributed by atoms with E-state index in [4.69, 9.17) is 35.8 Å². The maximum Gasteiger partial charge on any atom is 0.222 e. The molecule has 0 aliphatic rings. The lowest BCUT2D eigenvalue weighted by molar-refractivity contribution is 0.715. The number of terminal acetylenes is 2. The molecule has 64 heavy (non-hydrogen) atoms. The smallest absolute Gasteiger partial charge is 0.222 e. The van der Waals surface area contributed by atoms with E-state index in [0.717, 1.165) is 49.2 Å². The Morgan fingerprint density at radius 3 is 1.53 bits per heavy atom. The van der Waals surface area contributed by atoms with Crippen LogP contribution in [0.1, 0.15) is 30.8 Å². The first-order valence-electron chi connectivity index (χ1n) is 19.7. The molecule has 324 valence electrons. The summed E-state index contributed by atoms with van der Waals surface area (Å²) >= 11 is 5.13. The zero-order chi connectivity index (χ0) is 46.1. The molecule has 5 aromatic heterocycles. The van der Waals surface area contributed by atoms with E-state index in [1.807, 2.05) is 118 Å². The van der Waals surface area contributed by atoms with Gasteiger partial charge in [-0.05, 0) is 52.1 Å². The van der Waals surface area contributed by atoms with Crippen LogP contribution in [0.25, 0.3) is 33.4 Å². The molecule has 8 rings (SSSR count). The second kappa shape index (κ2) is 26.8. The van der Waals surface area contributed by atoms with E-state index in [2.05, 4.69) is 127 Å². The van der Waals surface area contributed by atoms with Crippen molar-refractivity contribution in [1.82, 2.24) is 49.7 Å². The second-order valence-corrected chi connectivity index (χ2v) is 14.6. The van der Waals surface area contributed by atoms with Crippen molar-refractivity contribution in [2.75, 3.05) is 28.3 Å². The van der Waals surface area contributed by atoms with Crippen LogP contribution in [0.5, 0.6) is 0 Å². The molecule has 9 N–H and O–H groups in total. The minimum absolute atomic E-state index is 0.175. The second-order valence-electron chi connectivity index (χ2n) is 13.0. The number of aromatic nitrogens is 10. The molecule has 0 unspecified atom stereocenters. The lowest BCUT2D eigenvalue weighted by atomic mass is 10.1. The quantitative estimate of drug-likeness (QED) is 0.0582. The van der Waals surface area contributed by atoms with E-state index in [-0.39, 0.29) is 11.9 Å². The highest BCUT2D eigenvalue weighted by Crippen LogP contribution is 2.20. The van der Waals surface area contributed by atoms with Crippen LogP contribution in [-0.4, -0.2) is 55.0 Å². The Balaban J connectivity index is 0.000000192. The summed E-state index contributed by atoms with van der Waals surface area (Å²) in [5.74, 6) is 12.2. The number of nitrogens with zero attached hydrogens (tertiary/aromatic N) is 9. The molecular weight excluding hydrogens is 979 g/mol. The van der Waals surface area contributed by atoms with Crippen molar-refractivity contribution >= 4 is 62.1 Å². The predicted octanol–water partition coefficient (Wildman–Crippen LogP) is 8.20. The molecular formula is C48H48BrIN14. The average molecular weight is 1030 g/mol. The van der Waals surface area contributed by atoms with E-state index < -0.39 is 0 Å². The lowest BCUT2D eigenvalue weighted by Crippen LogP contribution is -2.07. The zero-order valence-corrected chi connectivity index (χ0v) is 39.1. The van der Waals surface area contributed by atoms with Gasteiger partial charge in [0.15, 0.2) is 0 Å². The van der Waals surface area contributed by atoms with Crippen LogP contribution < -0.4 is 22.9 Å². The summed E-state index contributed by atoms with van der Waals surface area (Å²) in [4.78, 5) is 16.0. The van der Waals surface area contributed by atoms with Crippen LogP contribution in [0.2, 0.25) is 0 Å². The molecule has 0 saturated carbocycles. The molecule has 0 aliphatic heterocycles. The van der Waals surface area contributed by atoms with Gasteiger partial charge in [-0.25, -0.2) is 9.97 Å². The van der Waals surface area contributed by atoms with Gasteiger partial charge in [-0.1, -0.05) is 144 Å². The van der Waals surface area contributed by atoms with Crippen molar-refractivity contribution in [1.29, 1.82) is 0 Å². The summed E-state index contributed by atoms with van der Waals surface area (Å²) in [6.45, 7) is 4.96. The van der Waals surface area contributed by atoms with Gasteiger partial charge in [0.1, 0.15) is 24.7 Å². The summed E-state index contributed by atoms with van der Waals surface area (Å²) in [6.07, 6.45) is 22.7. The van der Waals surface area contributed by atoms with E-state index in [0.29, 0.717) is 42.0 Å². The Hall–Kier alpha value is -7.46. The lowest BCUT2D eigenvalue weighted by Gasteiger charge is -2.04. The van der Waals surface area contributed by atoms with Crippen LogP contribution in [0.15, 0.2) is 128 Å². The Labute approximate surface area is 396 Å². The number of nitrogen functional groups attached to an aromatic ring is 4. The van der Waals surface area contributed by atoms with Gasteiger partial charge in [-0.15, -0.1) is 12.8 Å². The molecule has 0 aliphatic carbocycles. The van der Waals surface area contributed by atoms with Crippen molar-refractivity contribution in [3.63, 3.8) is 0 Å². The molecule has 0 atom stereocenters. The van der Waals surface area contributed by atoms with Gasteiger partial charge in [0.2, 0.25) is 11.9 Å². The first kappa shape index (κ1) is 49.2. The Morgan fingerprint density at radius 2 is 1.08 bits per heavy atom. The number of nitrogens with one attached hydrogen (secondary N) is 1. The molecule has 16 heteroatoms. The van der Waals surface area contributed by atoms with Crippen LogP contribution in [0.4, 0.5) is 23.5 Å². The van der Waals surface area contributed by atoms with Crippen LogP contribution in [0.3, 0.4) is 0 Å². The van der Waals surface area contributed by atoms with Crippen molar-refractivity contribution in [3.8, 4) is 69.9 Å². The highest BCUT2D eigenvalue weighted by molar-refractivity contribution is 14.1. The third kappa shape index (κ3) is 15.8. The van der Waals surface area contributed by atoms with Gasteiger partial charge in [0, 0.05) is 35.3 Å². The summed E-state index contributed by atoms with van der Waals surface area (Å²) in [5, 5.41) is 15.8. The molecule has 14 nitrogen and oxygen atoms in total. The molecule has 3 aromatic carbocycles. The molecule has 0 saturated heterocycles. The molecule has 8 aromatic rings. The summed E-state index contributed by atoms with van der Waals surface area (Å²) in [7, 11) is 0. The number of hydrogen-bond acceptors (Lipinski definition) is 11. The normalized spacial score (nSPS) is 9.66. The molecule has 0 radical (unpaired) electrons. The molecule has 5 heterocycles. The van der Waals surface area contributed by atoms with Crippen molar-refractivity contribution in [2.45, 2.75) is 39.8 Å². The number of nitrogens with two attached hydrogens (primary N) is 4. The molecule has 0 fully saturated rings. The van der Waals surface area contributed by atoms with Crippen molar-refractivity contribution < 1.29 is 0 Å². The van der Waals surface area contributed by atoms with Crippen LogP contribution in [-0.2, 0) is 25.9 Å². The fourth-order valence-corrected chi connectivity index (χ4v) is 6.13. The Morgan fingerprint density at radius 1 is 0.609 bits per heavy atom. The summed E-state index contributed by atoms with van der Waals surface area (Å²) < 4.78 is 4.44. The average Bonchev–Trinajstić information content (AvgIpc) is 4.14. The van der Waals surface area contributed by atoms with E-state index >= 15 is 0 Å². The first-order chi connectivity index (χ1) is 31.1. The topological polar surface area (TPSA) is 220 Å². The Kier molecular flexibility index (Phi) is 20.6. The largest absolute Gasteiger partial charge is 0.383 e. The maximum atomic E-state index is 5.90. The van der Waals surface area contributed by atoms with Gasteiger partial charge >= 0.3 is 0 Å². The van der Waals surface area contributed by atoms with E-state index in [1.54, 1.807) is 9.36 Å². The molecule has 0 bridgehead atoms. The number of hydrogen-bond donors (Lipinski definition) is 5. The summed E-state index contributed by atoms with van der Waals surface area (Å²) in [6, 6.07) is 30.4. The van der Waals surface area contributed by atoms with Crippen molar-refractivity contribution in [3.05, 3.63) is 149 Å². The third-order valence-electron chi connectivity index (χ3n) is 8.53. The third-order valence-corrected chi connectivity index (χ3v) is 10.0. The molecule has 0 amide bonds. The van der Waals surface area contributed by atoms with Gasteiger partial charge in [0.05, 0.1) is 44.4 Å². The number of aryl methyl sites for hydroxylation is 2. The number of aromatic amines is 1. The minimum atomic E-state index is 0.175. The van der Waals surface area contributed by atoms with Gasteiger partial charge in [0.25, 0.3) is 0 Å². The number of rotatable bonds is 7. The SMILES string of the molecule is C#CCBr.C#CCn1cc(-c2ccccc2)cn1.CCc1nc(N)nc(N)c1C#CCn1cc(-c2ccccc2)cn1.CCc1nc(N)nc(N)c1I.c1ccc(-c2cn[nH]c2)cc1. The fraction of sp³-hybridized carbons (Fsp3) is 0.146. The Bertz CT molecular complexity index is 2770. The highest BCUT2D eigenvalue weighted by Gasteiger charge is 2.08. The highest BCUT2D eigenvalue weighted by atomic mass is 127. The van der Waals surface area contributed by atoms with Crippen LogP contribution >= 0.6 is 38.5 Å². The zero-order valence-electron chi connectivity index (χ0n) is 35.4. The van der Waals surface area contributed by atoms with Gasteiger partial charge < -0.3 is 22.9 Å². The van der Waals surface area contributed by atoms with E-state index in [9.17, 15) is 0 Å². The van der Waals surface area contributed by atoms with Gasteiger partial charge in [-0.2, -0.15) is 25.3 Å². The fourth-order valence-electron chi connectivity index (χ4n) is 5.51. The standard InChI is InChI=1S/C18H18N6.C12H10N2.C9H8N2.C6H9IN4.C3H3Br/c1-2-16-15(17(19)23-18(20)22-16)9-6-10-24-12-14(11-21-24)13-7-4-3-5-8-13;1-2-8-14-10-12(9-13-14)11-6-4-3-5-7-11;1-2-4-8(5-3-1)9-6-10-11-7-9;1-2-3-4(7)5(8)11-6(9)10-3;1-2-3-4/h3-5,7-8,11-12H,2,10H2,1H3,(H4,19,20,22,23);1,3-7,9-10H,8H2;1-7H,(H,10,11);2H2,1H3,(H4,8,9,10,11);1H,3H2. The van der Waals surface area contributed by atoms with Crippen LogP contribution in [0, 0.1) is 40.1 Å². The first-order valence-corrected chi connectivity index (χ1v) is 21.9. The number of anilines is 4. The van der Waals surface area contributed by atoms with E-state index in [1.165, 1.54) is 5.56 Å². The number of H-pyrrole nitrogens is 1. The molecule has 0 spiro atoms. The number of alkyl halides is 1.